The summed E-state index contributed by atoms with van der Waals surface area (Å²) in [5.41, 5.74) is 1.43. The van der Waals surface area contributed by atoms with Gasteiger partial charge in [-0.05, 0) is 63.2 Å². The van der Waals surface area contributed by atoms with E-state index in [1.54, 1.807) is 11.3 Å². The predicted octanol–water partition coefficient (Wildman–Crippen LogP) is 2.84. The van der Waals surface area contributed by atoms with Crippen molar-refractivity contribution in [2.45, 2.75) is 51.5 Å². The van der Waals surface area contributed by atoms with Crippen LogP contribution in [0.15, 0.2) is 6.07 Å². The summed E-state index contributed by atoms with van der Waals surface area (Å²) in [6.45, 7) is 5.14. The molecule has 1 aliphatic carbocycles. The average Bonchev–Trinajstić information content (AvgIpc) is 3.06. The highest BCUT2D eigenvalue weighted by Crippen LogP contribution is 2.32. The van der Waals surface area contributed by atoms with Crippen LogP contribution in [0.5, 0.6) is 0 Å². The van der Waals surface area contributed by atoms with Crippen molar-refractivity contribution in [2.24, 2.45) is 0 Å². The molecule has 2 aliphatic rings. The lowest BCUT2D eigenvalue weighted by atomic mass is 10.0. The van der Waals surface area contributed by atoms with E-state index in [0.29, 0.717) is 6.04 Å². The van der Waals surface area contributed by atoms with E-state index >= 15 is 0 Å². The molecule has 2 heterocycles. The van der Waals surface area contributed by atoms with Gasteiger partial charge >= 0.3 is 0 Å². The first-order valence-electron chi connectivity index (χ1n) is 7.93. The maximum atomic E-state index is 12.9. The predicted molar refractivity (Wildman–Crippen MR) is 83.6 cm³/mol. The van der Waals surface area contributed by atoms with Crippen molar-refractivity contribution in [1.29, 1.82) is 0 Å². The molecule has 3 rings (SSSR count). The second kappa shape index (κ2) is 6.27. The molecular weight excluding hydrogens is 268 g/mol. The van der Waals surface area contributed by atoms with E-state index < -0.39 is 0 Å². The highest BCUT2D eigenvalue weighted by atomic mass is 32.1. The van der Waals surface area contributed by atoms with Crippen molar-refractivity contribution in [3.63, 3.8) is 0 Å². The number of hydrogen-bond donors (Lipinski definition) is 1. The zero-order valence-electron chi connectivity index (χ0n) is 12.3. The largest absolute Gasteiger partial charge is 0.335 e. The Hall–Kier alpha value is -0.870. The first-order chi connectivity index (χ1) is 9.79. The SMILES string of the molecule is CCCN(C(=O)c1cc2c(s1)CCC2)C1CCNCC1. The smallest absolute Gasteiger partial charge is 0.264 e. The molecular formula is C16H24N2OS. The third kappa shape index (κ3) is 2.77. The number of piperidine rings is 1. The molecule has 1 N–H and O–H groups in total. The van der Waals surface area contributed by atoms with Gasteiger partial charge in [0.1, 0.15) is 0 Å². The highest BCUT2D eigenvalue weighted by molar-refractivity contribution is 7.14. The Kier molecular flexibility index (Phi) is 4.41. The molecule has 1 aromatic rings. The summed E-state index contributed by atoms with van der Waals surface area (Å²) in [6.07, 6.45) is 6.84. The van der Waals surface area contributed by atoms with Gasteiger partial charge in [0.25, 0.3) is 5.91 Å². The Morgan fingerprint density at radius 2 is 2.20 bits per heavy atom. The molecule has 0 bridgehead atoms. The first-order valence-corrected chi connectivity index (χ1v) is 8.74. The Morgan fingerprint density at radius 1 is 1.40 bits per heavy atom. The Balaban J connectivity index is 1.76. The Labute approximate surface area is 125 Å². The second-order valence-electron chi connectivity index (χ2n) is 5.89. The lowest BCUT2D eigenvalue weighted by molar-refractivity contribution is 0.0647. The van der Waals surface area contributed by atoms with Gasteiger partial charge in [0.15, 0.2) is 0 Å². The number of fused-ring (bicyclic) bond motifs is 1. The molecule has 0 unspecified atom stereocenters. The van der Waals surface area contributed by atoms with E-state index in [1.165, 1.54) is 29.7 Å². The number of amides is 1. The quantitative estimate of drug-likeness (QED) is 0.925. The van der Waals surface area contributed by atoms with Crippen LogP contribution in [-0.2, 0) is 12.8 Å². The number of nitrogens with zero attached hydrogens (tertiary/aromatic N) is 1. The first kappa shape index (κ1) is 14.1. The molecule has 1 amide bonds. The number of nitrogens with one attached hydrogen (secondary N) is 1. The Morgan fingerprint density at radius 3 is 2.90 bits per heavy atom. The summed E-state index contributed by atoms with van der Waals surface area (Å²) < 4.78 is 0. The van der Waals surface area contributed by atoms with Crippen LogP contribution in [0, 0.1) is 0 Å². The van der Waals surface area contributed by atoms with Gasteiger partial charge in [-0.3, -0.25) is 4.79 Å². The van der Waals surface area contributed by atoms with E-state index in [4.69, 9.17) is 0 Å². The molecule has 4 heteroatoms. The Bertz CT molecular complexity index is 455. The summed E-state index contributed by atoms with van der Waals surface area (Å²) in [5.74, 6) is 0.276. The van der Waals surface area contributed by atoms with Crippen molar-refractivity contribution in [1.82, 2.24) is 10.2 Å². The molecule has 1 aromatic heterocycles. The van der Waals surface area contributed by atoms with Crippen LogP contribution < -0.4 is 5.32 Å². The van der Waals surface area contributed by atoms with Crippen LogP contribution in [-0.4, -0.2) is 36.5 Å². The molecule has 20 heavy (non-hydrogen) atoms. The van der Waals surface area contributed by atoms with E-state index in [9.17, 15) is 4.79 Å². The van der Waals surface area contributed by atoms with Crippen LogP contribution in [0.4, 0.5) is 0 Å². The average molecular weight is 292 g/mol. The molecule has 1 fully saturated rings. The minimum absolute atomic E-state index is 0.276. The normalized spacial score (nSPS) is 19.1. The zero-order valence-corrected chi connectivity index (χ0v) is 13.1. The van der Waals surface area contributed by atoms with Crippen LogP contribution in [0.3, 0.4) is 0 Å². The lowest BCUT2D eigenvalue weighted by Crippen LogP contribution is -2.46. The maximum absolute atomic E-state index is 12.9. The van der Waals surface area contributed by atoms with Gasteiger partial charge in [-0.15, -0.1) is 11.3 Å². The van der Waals surface area contributed by atoms with E-state index in [2.05, 4.69) is 23.2 Å². The number of hydrogen-bond acceptors (Lipinski definition) is 3. The van der Waals surface area contributed by atoms with Gasteiger partial charge in [0, 0.05) is 17.5 Å². The lowest BCUT2D eigenvalue weighted by Gasteiger charge is -2.34. The van der Waals surface area contributed by atoms with Crippen LogP contribution >= 0.6 is 11.3 Å². The number of carbonyl (C=O) groups is 1. The number of rotatable bonds is 4. The zero-order chi connectivity index (χ0) is 13.9. The van der Waals surface area contributed by atoms with E-state index in [1.807, 2.05) is 0 Å². The molecule has 1 saturated heterocycles. The summed E-state index contributed by atoms with van der Waals surface area (Å²) in [7, 11) is 0. The number of carbonyl (C=O) groups excluding carboxylic acids is 1. The van der Waals surface area contributed by atoms with E-state index in [0.717, 1.165) is 43.8 Å². The van der Waals surface area contributed by atoms with Crippen LogP contribution in [0.25, 0.3) is 0 Å². The highest BCUT2D eigenvalue weighted by Gasteiger charge is 2.27. The van der Waals surface area contributed by atoms with Gasteiger partial charge in [0.2, 0.25) is 0 Å². The minimum atomic E-state index is 0.276. The number of thiophene rings is 1. The standard InChI is InChI=1S/C16H24N2OS/c1-2-10-18(13-6-8-17-9-7-13)16(19)15-11-12-4-3-5-14(12)20-15/h11,13,17H,2-10H2,1H3. The molecule has 110 valence electrons. The van der Waals surface area contributed by atoms with Crippen molar-refractivity contribution >= 4 is 17.2 Å². The summed E-state index contributed by atoms with van der Waals surface area (Å²) in [5, 5.41) is 3.39. The molecule has 0 spiro atoms. The van der Waals surface area contributed by atoms with Gasteiger partial charge in [-0.25, -0.2) is 0 Å². The summed E-state index contributed by atoms with van der Waals surface area (Å²) in [4.78, 5) is 17.4. The molecule has 0 atom stereocenters. The third-order valence-corrected chi connectivity index (χ3v) is 5.66. The minimum Gasteiger partial charge on any atom is -0.335 e. The topological polar surface area (TPSA) is 32.3 Å². The van der Waals surface area contributed by atoms with E-state index in [-0.39, 0.29) is 5.91 Å². The molecule has 0 saturated carbocycles. The van der Waals surface area contributed by atoms with Gasteiger partial charge in [0.05, 0.1) is 4.88 Å². The fourth-order valence-electron chi connectivity index (χ4n) is 3.39. The second-order valence-corrected chi connectivity index (χ2v) is 7.03. The monoisotopic (exact) mass is 292 g/mol. The number of aryl methyl sites for hydroxylation is 2. The summed E-state index contributed by atoms with van der Waals surface area (Å²) >= 11 is 1.74. The van der Waals surface area contributed by atoms with Crippen LogP contribution in [0.2, 0.25) is 0 Å². The van der Waals surface area contributed by atoms with Crippen molar-refractivity contribution in [3.05, 3.63) is 21.4 Å². The fraction of sp³-hybridized carbons (Fsp3) is 0.688. The van der Waals surface area contributed by atoms with Crippen molar-refractivity contribution < 1.29 is 4.79 Å². The van der Waals surface area contributed by atoms with Crippen molar-refractivity contribution in [3.8, 4) is 0 Å². The summed E-state index contributed by atoms with van der Waals surface area (Å²) in [6, 6.07) is 2.60. The van der Waals surface area contributed by atoms with Crippen LogP contribution in [0.1, 0.15) is 52.7 Å². The van der Waals surface area contributed by atoms with Crippen molar-refractivity contribution in [2.75, 3.05) is 19.6 Å². The third-order valence-electron chi connectivity index (χ3n) is 4.43. The molecule has 0 radical (unpaired) electrons. The molecule has 3 nitrogen and oxygen atoms in total. The fourth-order valence-corrected chi connectivity index (χ4v) is 4.59. The van der Waals surface area contributed by atoms with Gasteiger partial charge in [-0.2, -0.15) is 0 Å². The molecule has 0 aromatic carbocycles. The van der Waals surface area contributed by atoms with Gasteiger partial charge < -0.3 is 10.2 Å². The molecule has 1 aliphatic heterocycles. The van der Waals surface area contributed by atoms with Gasteiger partial charge in [-0.1, -0.05) is 6.92 Å². The maximum Gasteiger partial charge on any atom is 0.264 e.